The molecule has 1 saturated heterocycles. The zero-order valence-electron chi connectivity index (χ0n) is 12.3. The fourth-order valence-corrected chi connectivity index (χ4v) is 2.62. The molecule has 1 atom stereocenters. The van der Waals surface area contributed by atoms with Gasteiger partial charge in [-0.1, -0.05) is 6.92 Å². The molecular weight excluding hydrogens is 241 g/mol. The van der Waals surface area contributed by atoms with Gasteiger partial charge in [-0.3, -0.25) is 9.88 Å². The van der Waals surface area contributed by atoms with E-state index in [-0.39, 0.29) is 16.9 Å². The van der Waals surface area contributed by atoms with Crippen molar-refractivity contribution in [2.24, 2.45) is 0 Å². The zero-order chi connectivity index (χ0) is 14.1. The summed E-state index contributed by atoms with van der Waals surface area (Å²) in [5.41, 5.74) is 1.15. The number of hydrogen-bond donors (Lipinski definition) is 1. The molecule has 3 nitrogen and oxygen atoms in total. The third kappa shape index (κ3) is 3.31. The smallest absolute Gasteiger partial charge is 0.141 e. The van der Waals surface area contributed by atoms with Crippen molar-refractivity contribution in [2.45, 2.75) is 51.7 Å². The van der Waals surface area contributed by atoms with Gasteiger partial charge in [0.25, 0.3) is 0 Å². The molecule has 19 heavy (non-hydrogen) atoms. The summed E-state index contributed by atoms with van der Waals surface area (Å²) in [6, 6.07) is 1.58. The predicted molar refractivity (Wildman–Crippen MR) is 75.4 cm³/mol. The Balaban J connectivity index is 2.19. The Morgan fingerprint density at radius 2 is 2.11 bits per heavy atom. The molecule has 1 aliphatic rings. The molecule has 1 aromatic heterocycles. The second-order valence-electron chi connectivity index (χ2n) is 6.46. The van der Waals surface area contributed by atoms with E-state index in [1.54, 1.807) is 12.3 Å². The van der Waals surface area contributed by atoms with Crippen LogP contribution < -0.4 is 5.32 Å². The Bertz CT molecular complexity index is 447. The number of nitrogens with zero attached hydrogens (tertiary/aromatic N) is 2. The number of piperazine rings is 1. The Hall–Kier alpha value is -1.00. The normalized spacial score (nSPS) is 27.4. The first-order valence-electron chi connectivity index (χ1n) is 6.94. The summed E-state index contributed by atoms with van der Waals surface area (Å²) in [7, 11) is 0. The van der Waals surface area contributed by atoms with Gasteiger partial charge in [0.2, 0.25) is 0 Å². The van der Waals surface area contributed by atoms with Crippen LogP contribution in [0.4, 0.5) is 4.39 Å². The van der Waals surface area contributed by atoms with Crippen LogP contribution in [0.25, 0.3) is 0 Å². The number of aromatic nitrogens is 1. The molecule has 2 heterocycles. The highest BCUT2D eigenvalue weighted by atomic mass is 19.1. The Kier molecular flexibility index (Phi) is 3.92. The minimum Gasteiger partial charge on any atom is -0.309 e. The van der Waals surface area contributed by atoms with Gasteiger partial charge in [0.15, 0.2) is 0 Å². The van der Waals surface area contributed by atoms with Crippen LogP contribution in [0, 0.1) is 5.82 Å². The van der Waals surface area contributed by atoms with Crippen LogP contribution in [-0.2, 0) is 6.54 Å². The molecule has 1 unspecified atom stereocenters. The van der Waals surface area contributed by atoms with E-state index in [0.717, 1.165) is 31.6 Å². The van der Waals surface area contributed by atoms with Crippen molar-refractivity contribution in [2.75, 3.05) is 13.1 Å². The Labute approximate surface area is 115 Å². The van der Waals surface area contributed by atoms with Crippen molar-refractivity contribution < 1.29 is 4.39 Å². The lowest BCUT2D eigenvalue weighted by atomic mass is 9.87. The van der Waals surface area contributed by atoms with Crippen molar-refractivity contribution in [3.8, 4) is 0 Å². The number of pyridine rings is 1. The SMILES string of the molecule is CCC1(C)CNC(C)(C)CN1Cc1cncc(F)c1. The number of rotatable bonds is 3. The first-order valence-corrected chi connectivity index (χ1v) is 6.94. The minimum atomic E-state index is -0.259. The molecular formula is C15H24FN3. The van der Waals surface area contributed by atoms with Crippen molar-refractivity contribution in [3.05, 3.63) is 29.8 Å². The summed E-state index contributed by atoms with van der Waals surface area (Å²) in [6.45, 7) is 11.5. The minimum absolute atomic E-state index is 0.0927. The first-order chi connectivity index (χ1) is 8.85. The fourth-order valence-electron chi connectivity index (χ4n) is 2.62. The summed E-state index contributed by atoms with van der Waals surface area (Å²) in [6.07, 6.45) is 4.08. The molecule has 0 amide bonds. The summed E-state index contributed by atoms with van der Waals surface area (Å²) in [4.78, 5) is 6.39. The standard InChI is InChI=1S/C15H24FN3/c1-5-15(4)10-18-14(2,3)11-19(15)9-12-6-13(16)8-17-7-12/h6-8,18H,5,9-11H2,1-4H3. The van der Waals surface area contributed by atoms with Crippen LogP contribution in [0.5, 0.6) is 0 Å². The van der Waals surface area contributed by atoms with Gasteiger partial charge in [-0.05, 0) is 38.8 Å². The summed E-state index contributed by atoms with van der Waals surface area (Å²) < 4.78 is 13.3. The Morgan fingerprint density at radius 3 is 2.74 bits per heavy atom. The molecule has 0 aliphatic carbocycles. The lowest BCUT2D eigenvalue weighted by molar-refractivity contribution is 0.0174. The summed E-state index contributed by atoms with van der Waals surface area (Å²) >= 11 is 0. The monoisotopic (exact) mass is 265 g/mol. The highest BCUT2D eigenvalue weighted by Crippen LogP contribution is 2.28. The largest absolute Gasteiger partial charge is 0.309 e. The van der Waals surface area contributed by atoms with E-state index < -0.39 is 0 Å². The maximum absolute atomic E-state index is 13.3. The molecule has 1 fully saturated rings. The van der Waals surface area contributed by atoms with Crippen LogP contribution in [0.15, 0.2) is 18.5 Å². The molecule has 1 aromatic rings. The number of hydrogen-bond acceptors (Lipinski definition) is 3. The van der Waals surface area contributed by atoms with Crippen LogP contribution in [0.1, 0.15) is 39.7 Å². The highest BCUT2D eigenvalue weighted by molar-refractivity contribution is 5.12. The van der Waals surface area contributed by atoms with Crippen LogP contribution in [0.3, 0.4) is 0 Å². The molecule has 106 valence electrons. The van der Waals surface area contributed by atoms with Crippen molar-refractivity contribution in [3.63, 3.8) is 0 Å². The van der Waals surface area contributed by atoms with Crippen molar-refractivity contribution >= 4 is 0 Å². The van der Waals surface area contributed by atoms with Gasteiger partial charge in [0.05, 0.1) is 6.20 Å². The van der Waals surface area contributed by atoms with Crippen LogP contribution >= 0.6 is 0 Å². The van der Waals surface area contributed by atoms with Gasteiger partial charge >= 0.3 is 0 Å². The van der Waals surface area contributed by atoms with E-state index in [1.807, 2.05) is 0 Å². The van der Waals surface area contributed by atoms with Gasteiger partial charge in [-0.25, -0.2) is 4.39 Å². The van der Waals surface area contributed by atoms with Gasteiger partial charge < -0.3 is 5.32 Å². The average molecular weight is 265 g/mol. The Morgan fingerprint density at radius 1 is 1.37 bits per heavy atom. The first kappa shape index (κ1) is 14.4. The fraction of sp³-hybridized carbons (Fsp3) is 0.667. The maximum atomic E-state index is 13.3. The van der Waals surface area contributed by atoms with E-state index >= 15 is 0 Å². The van der Waals surface area contributed by atoms with E-state index in [0.29, 0.717) is 0 Å². The van der Waals surface area contributed by atoms with Gasteiger partial charge in [0.1, 0.15) is 5.82 Å². The third-order valence-corrected chi connectivity index (χ3v) is 4.19. The zero-order valence-corrected chi connectivity index (χ0v) is 12.3. The average Bonchev–Trinajstić information content (AvgIpc) is 2.34. The molecule has 1 aliphatic heterocycles. The van der Waals surface area contributed by atoms with Crippen molar-refractivity contribution in [1.29, 1.82) is 0 Å². The molecule has 0 saturated carbocycles. The topological polar surface area (TPSA) is 28.2 Å². The van der Waals surface area contributed by atoms with Crippen LogP contribution in [0.2, 0.25) is 0 Å². The van der Waals surface area contributed by atoms with Gasteiger partial charge in [0, 0.05) is 36.9 Å². The molecule has 2 rings (SSSR count). The number of nitrogens with one attached hydrogen (secondary N) is 1. The molecule has 4 heteroatoms. The third-order valence-electron chi connectivity index (χ3n) is 4.19. The molecule has 0 aromatic carbocycles. The predicted octanol–water partition coefficient (Wildman–Crippen LogP) is 2.57. The summed E-state index contributed by atoms with van der Waals surface area (Å²) in [5.74, 6) is -0.259. The van der Waals surface area contributed by atoms with E-state index in [2.05, 4.69) is 42.9 Å². The van der Waals surface area contributed by atoms with E-state index in [1.165, 1.54) is 6.20 Å². The quantitative estimate of drug-likeness (QED) is 0.910. The van der Waals surface area contributed by atoms with Crippen molar-refractivity contribution in [1.82, 2.24) is 15.2 Å². The second kappa shape index (κ2) is 5.17. The maximum Gasteiger partial charge on any atom is 0.141 e. The molecule has 1 N–H and O–H groups in total. The second-order valence-corrected chi connectivity index (χ2v) is 6.46. The highest BCUT2D eigenvalue weighted by Gasteiger charge is 2.39. The van der Waals surface area contributed by atoms with E-state index in [9.17, 15) is 4.39 Å². The lowest BCUT2D eigenvalue weighted by Crippen LogP contribution is -2.66. The van der Waals surface area contributed by atoms with Gasteiger partial charge in [-0.15, -0.1) is 0 Å². The summed E-state index contributed by atoms with van der Waals surface area (Å²) in [5, 5.41) is 3.60. The number of halogens is 1. The molecule has 0 radical (unpaired) electrons. The van der Waals surface area contributed by atoms with Gasteiger partial charge in [-0.2, -0.15) is 0 Å². The van der Waals surface area contributed by atoms with Crippen LogP contribution in [-0.4, -0.2) is 34.1 Å². The molecule has 0 spiro atoms. The molecule has 0 bridgehead atoms. The van der Waals surface area contributed by atoms with E-state index in [4.69, 9.17) is 0 Å². The lowest BCUT2D eigenvalue weighted by Gasteiger charge is -2.51.